The molecule has 1 aromatic heterocycles. The van der Waals surface area contributed by atoms with Gasteiger partial charge in [-0.2, -0.15) is 0 Å². The van der Waals surface area contributed by atoms with E-state index in [4.69, 9.17) is 9.47 Å². The molecule has 116 valence electrons. The van der Waals surface area contributed by atoms with Crippen molar-refractivity contribution < 1.29 is 18.7 Å². The van der Waals surface area contributed by atoms with Gasteiger partial charge in [0.2, 0.25) is 0 Å². The lowest BCUT2D eigenvalue weighted by Gasteiger charge is -2.28. The Bertz CT molecular complexity index is 487. The zero-order valence-corrected chi connectivity index (χ0v) is 12.5. The third-order valence-electron chi connectivity index (χ3n) is 3.01. The Hall–Kier alpha value is -1.92. The molecular formula is C14H20FN3O3. The third kappa shape index (κ3) is 4.54. The Kier molecular flexibility index (Phi) is 4.59. The van der Waals surface area contributed by atoms with Crippen molar-refractivity contribution >= 4 is 6.09 Å². The highest BCUT2D eigenvalue weighted by Gasteiger charge is 2.32. The number of likely N-dealkylation sites (tertiary alicyclic amines) is 1. The lowest BCUT2D eigenvalue weighted by Crippen LogP contribution is -2.42. The van der Waals surface area contributed by atoms with Gasteiger partial charge in [0.15, 0.2) is 5.82 Å². The summed E-state index contributed by atoms with van der Waals surface area (Å²) in [6.07, 6.45) is 3.48. The maximum absolute atomic E-state index is 12.7. The number of hydrogen-bond donors (Lipinski definition) is 0. The Labute approximate surface area is 123 Å². The van der Waals surface area contributed by atoms with Crippen molar-refractivity contribution in [3.63, 3.8) is 0 Å². The number of aromatic nitrogens is 2. The van der Waals surface area contributed by atoms with Gasteiger partial charge in [-0.3, -0.25) is 0 Å². The van der Waals surface area contributed by atoms with Crippen LogP contribution in [0.15, 0.2) is 12.4 Å². The highest BCUT2D eigenvalue weighted by molar-refractivity contribution is 5.68. The Morgan fingerprint density at radius 2 is 2.10 bits per heavy atom. The molecule has 1 amide bonds. The van der Waals surface area contributed by atoms with E-state index in [1.54, 1.807) is 4.90 Å². The first-order chi connectivity index (χ1) is 9.85. The van der Waals surface area contributed by atoms with Crippen LogP contribution >= 0.6 is 0 Å². The van der Waals surface area contributed by atoms with E-state index in [9.17, 15) is 9.18 Å². The number of halogens is 1. The average molecular weight is 297 g/mol. The van der Waals surface area contributed by atoms with E-state index in [1.165, 1.54) is 0 Å². The number of rotatable bonds is 3. The Morgan fingerprint density at radius 1 is 1.43 bits per heavy atom. The number of nitrogens with zero attached hydrogens (tertiary/aromatic N) is 3. The minimum Gasteiger partial charge on any atom is -0.461 e. The molecule has 0 aromatic carbocycles. The molecule has 0 spiro atoms. The first-order valence-electron chi connectivity index (χ1n) is 6.95. The highest BCUT2D eigenvalue weighted by atomic mass is 19.1. The fourth-order valence-corrected chi connectivity index (χ4v) is 2.12. The van der Waals surface area contributed by atoms with Gasteiger partial charge in [-0.05, 0) is 33.6 Å². The molecule has 7 heteroatoms. The molecule has 1 atom stereocenters. The van der Waals surface area contributed by atoms with E-state index in [0.717, 1.165) is 25.2 Å². The standard InChI is InChI=1S/C14H20FN3O3/c1-14(2,3)21-13(19)18-6-4-5-11(18)9-20-12-16-7-10(15)8-17-12/h7-8,11H,4-6,9H2,1-3H3/t11-/m0/s1. The van der Waals surface area contributed by atoms with Gasteiger partial charge in [0.25, 0.3) is 0 Å². The van der Waals surface area contributed by atoms with Crippen molar-refractivity contribution in [3.05, 3.63) is 18.2 Å². The van der Waals surface area contributed by atoms with Gasteiger partial charge in [0, 0.05) is 6.54 Å². The van der Waals surface area contributed by atoms with E-state index >= 15 is 0 Å². The Balaban J connectivity index is 1.90. The van der Waals surface area contributed by atoms with Crippen LogP contribution in [0, 0.1) is 5.82 Å². The van der Waals surface area contributed by atoms with Gasteiger partial charge in [-0.15, -0.1) is 0 Å². The molecule has 1 aromatic rings. The fourth-order valence-electron chi connectivity index (χ4n) is 2.12. The van der Waals surface area contributed by atoms with Gasteiger partial charge in [0.1, 0.15) is 12.2 Å². The van der Waals surface area contributed by atoms with Crippen molar-refractivity contribution in [3.8, 4) is 6.01 Å². The van der Waals surface area contributed by atoms with Crippen LogP contribution in [0.1, 0.15) is 33.6 Å². The van der Waals surface area contributed by atoms with E-state index < -0.39 is 11.4 Å². The first kappa shape index (κ1) is 15.5. The average Bonchev–Trinajstić information content (AvgIpc) is 2.84. The summed E-state index contributed by atoms with van der Waals surface area (Å²) in [5.41, 5.74) is -0.523. The van der Waals surface area contributed by atoms with Crippen molar-refractivity contribution in [1.82, 2.24) is 14.9 Å². The van der Waals surface area contributed by atoms with E-state index in [0.29, 0.717) is 6.54 Å². The summed E-state index contributed by atoms with van der Waals surface area (Å²) < 4.78 is 23.5. The molecule has 0 N–H and O–H groups in total. The van der Waals surface area contributed by atoms with Gasteiger partial charge >= 0.3 is 12.1 Å². The van der Waals surface area contributed by atoms with Crippen LogP contribution in [-0.4, -0.2) is 45.8 Å². The third-order valence-corrected chi connectivity index (χ3v) is 3.01. The SMILES string of the molecule is CC(C)(C)OC(=O)N1CCC[C@H]1COc1ncc(F)cn1. The molecule has 1 fully saturated rings. The van der Waals surface area contributed by atoms with Crippen molar-refractivity contribution in [1.29, 1.82) is 0 Å². The monoisotopic (exact) mass is 297 g/mol. The van der Waals surface area contributed by atoms with Crippen LogP contribution in [0.2, 0.25) is 0 Å². The molecule has 0 bridgehead atoms. The summed E-state index contributed by atoms with van der Waals surface area (Å²) in [6.45, 7) is 6.41. The number of carbonyl (C=O) groups is 1. The second kappa shape index (κ2) is 6.24. The second-order valence-electron chi connectivity index (χ2n) is 5.96. The number of carbonyl (C=O) groups excluding carboxylic acids is 1. The van der Waals surface area contributed by atoms with Gasteiger partial charge in [-0.1, -0.05) is 0 Å². The molecule has 2 heterocycles. The summed E-state index contributed by atoms with van der Waals surface area (Å²) >= 11 is 0. The van der Waals surface area contributed by atoms with Crippen LogP contribution in [0.25, 0.3) is 0 Å². The smallest absolute Gasteiger partial charge is 0.410 e. The lowest BCUT2D eigenvalue weighted by atomic mass is 10.2. The maximum atomic E-state index is 12.7. The lowest BCUT2D eigenvalue weighted by molar-refractivity contribution is 0.0184. The summed E-state index contributed by atoms with van der Waals surface area (Å²) in [7, 11) is 0. The van der Waals surface area contributed by atoms with Crippen LogP contribution in [0.4, 0.5) is 9.18 Å². The highest BCUT2D eigenvalue weighted by Crippen LogP contribution is 2.21. The zero-order chi connectivity index (χ0) is 15.5. The predicted octanol–water partition coefficient (Wildman–Crippen LogP) is 2.39. The van der Waals surface area contributed by atoms with Gasteiger partial charge in [-0.25, -0.2) is 19.2 Å². The van der Waals surface area contributed by atoms with Crippen LogP contribution in [0.3, 0.4) is 0 Å². The number of amides is 1. The summed E-state index contributed by atoms with van der Waals surface area (Å²) in [6, 6.07) is 0.0286. The van der Waals surface area contributed by atoms with Crippen LogP contribution < -0.4 is 4.74 Å². The number of ether oxygens (including phenoxy) is 2. The fraction of sp³-hybridized carbons (Fsp3) is 0.643. The quantitative estimate of drug-likeness (QED) is 0.857. The van der Waals surface area contributed by atoms with Crippen molar-refractivity contribution in [2.75, 3.05) is 13.2 Å². The minimum absolute atomic E-state index is 0.0755. The summed E-state index contributed by atoms with van der Waals surface area (Å²) in [5.74, 6) is -0.515. The van der Waals surface area contributed by atoms with E-state index in [2.05, 4.69) is 9.97 Å². The largest absolute Gasteiger partial charge is 0.461 e. The first-order valence-corrected chi connectivity index (χ1v) is 6.95. The molecule has 1 aliphatic heterocycles. The molecule has 1 aliphatic rings. The molecule has 1 saturated heterocycles. The maximum Gasteiger partial charge on any atom is 0.410 e. The second-order valence-corrected chi connectivity index (χ2v) is 5.96. The number of hydrogen-bond acceptors (Lipinski definition) is 5. The van der Waals surface area contributed by atoms with Crippen LogP contribution in [-0.2, 0) is 4.74 Å². The topological polar surface area (TPSA) is 64.5 Å². The van der Waals surface area contributed by atoms with E-state index in [-0.39, 0.29) is 24.8 Å². The molecule has 0 aliphatic carbocycles. The summed E-state index contributed by atoms with van der Waals surface area (Å²) in [4.78, 5) is 21.2. The molecule has 0 unspecified atom stereocenters. The molecule has 6 nitrogen and oxygen atoms in total. The molecular weight excluding hydrogens is 277 g/mol. The predicted molar refractivity (Wildman–Crippen MR) is 73.4 cm³/mol. The van der Waals surface area contributed by atoms with Gasteiger partial charge < -0.3 is 14.4 Å². The molecule has 2 rings (SSSR count). The zero-order valence-electron chi connectivity index (χ0n) is 12.5. The summed E-state index contributed by atoms with van der Waals surface area (Å²) in [5, 5.41) is 0. The van der Waals surface area contributed by atoms with Crippen LogP contribution in [0.5, 0.6) is 6.01 Å². The molecule has 0 radical (unpaired) electrons. The molecule has 0 saturated carbocycles. The van der Waals surface area contributed by atoms with Crippen molar-refractivity contribution in [2.45, 2.75) is 45.3 Å². The van der Waals surface area contributed by atoms with Gasteiger partial charge in [0.05, 0.1) is 18.4 Å². The normalized spacial score (nSPS) is 18.7. The Morgan fingerprint density at radius 3 is 2.71 bits per heavy atom. The molecule has 21 heavy (non-hydrogen) atoms. The van der Waals surface area contributed by atoms with Crippen molar-refractivity contribution in [2.24, 2.45) is 0 Å². The minimum atomic E-state index is -0.523. The van der Waals surface area contributed by atoms with E-state index in [1.807, 2.05) is 20.8 Å².